The highest BCUT2D eigenvalue weighted by atomic mass is 32.2. The number of Topliss-reactive ketones (excluding diaryl/α,β-unsaturated/α-hetero) is 1. The fraction of sp³-hybridized carbons (Fsp3) is 0.650. The fourth-order valence-corrected chi connectivity index (χ4v) is 5.01. The Kier molecular flexibility index (Phi) is 5.50. The predicted molar refractivity (Wildman–Crippen MR) is 99.1 cm³/mol. The summed E-state index contributed by atoms with van der Waals surface area (Å²) < 4.78 is 30.0. The maximum absolute atomic E-state index is 12.5. The van der Waals surface area contributed by atoms with Gasteiger partial charge in [0.05, 0.1) is 11.5 Å². The van der Waals surface area contributed by atoms with Crippen LogP contribution in [0.4, 0.5) is 0 Å². The van der Waals surface area contributed by atoms with E-state index in [1.54, 1.807) is 12.1 Å². The monoisotopic (exact) mass is 366 g/mol. The summed E-state index contributed by atoms with van der Waals surface area (Å²) in [6.07, 6.45) is 2.02. The van der Waals surface area contributed by atoms with Crippen LogP contribution in [0.2, 0.25) is 0 Å². The van der Waals surface area contributed by atoms with Gasteiger partial charge >= 0.3 is 0 Å². The van der Waals surface area contributed by atoms with Gasteiger partial charge in [-0.25, -0.2) is 0 Å². The van der Waals surface area contributed by atoms with Gasteiger partial charge in [0, 0.05) is 17.8 Å². The minimum Gasteiger partial charge on any atom is -0.299 e. The van der Waals surface area contributed by atoms with Crippen LogP contribution >= 0.6 is 0 Å². The van der Waals surface area contributed by atoms with Crippen LogP contribution in [-0.4, -0.2) is 20.8 Å². The molecule has 1 aliphatic rings. The van der Waals surface area contributed by atoms with Crippen molar-refractivity contribution in [3.63, 3.8) is 0 Å². The molecule has 0 saturated heterocycles. The molecule has 4 nitrogen and oxygen atoms in total. The van der Waals surface area contributed by atoms with E-state index in [2.05, 4.69) is 20.8 Å². The van der Waals surface area contributed by atoms with Crippen LogP contribution in [-0.2, 0) is 24.5 Å². The van der Waals surface area contributed by atoms with E-state index in [0.717, 1.165) is 17.5 Å². The van der Waals surface area contributed by atoms with Crippen molar-refractivity contribution in [2.24, 2.45) is 11.3 Å². The molecule has 1 fully saturated rings. The van der Waals surface area contributed by atoms with Crippen LogP contribution in [0, 0.1) is 18.3 Å². The van der Waals surface area contributed by atoms with Gasteiger partial charge < -0.3 is 0 Å². The molecule has 2 atom stereocenters. The molecule has 0 N–H and O–H groups in total. The summed E-state index contributed by atoms with van der Waals surface area (Å²) in [6.45, 7) is 12.4. The smallest absolute Gasteiger partial charge is 0.296 e. The first-order valence-corrected chi connectivity index (χ1v) is 10.4. The third kappa shape index (κ3) is 3.41. The topological polar surface area (TPSA) is 60.4 Å². The molecule has 5 heteroatoms. The molecule has 2 unspecified atom stereocenters. The molecule has 0 heterocycles. The highest BCUT2D eigenvalue weighted by Crippen LogP contribution is 2.54. The van der Waals surface area contributed by atoms with E-state index in [4.69, 9.17) is 4.18 Å². The van der Waals surface area contributed by atoms with Gasteiger partial charge in [-0.3, -0.25) is 8.98 Å². The van der Waals surface area contributed by atoms with E-state index in [1.165, 1.54) is 0 Å². The number of ketones is 1. The molecule has 1 aromatic rings. The first kappa shape index (κ1) is 20.1. The SMILES string of the molecule is CCCOS(=O)(=O)c1ccc(C)c(C2(C)C(C)C(=O)CCC2(C)C)c1. The molecule has 0 bridgehead atoms. The van der Waals surface area contributed by atoms with Gasteiger partial charge in [0.15, 0.2) is 0 Å². The van der Waals surface area contributed by atoms with E-state index >= 15 is 0 Å². The van der Waals surface area contributed by atoms with Gasteiger partial charge in [0.2, 0.25) is 0 Å². The lowest BCUT2D eigenvalue weighted by atomic mass is 9.51. The highest BCUT2D eigenvalue weighted by molar-refractivity contribution is 7.86. The fourth-order valence-electron chi connectivity index (χ4n) is 3.99. The largest absolute Gasteiger partial charge is 0.299 e. The Bertz CT molecular complexity index is 764. The summed E-state index contributed by atoms with van der Waals surface area (Å²) in [7, 11) is -3.78. The molecule has 0 radical (unpaired) electrons. The first-order valence-electron chi connectivity index (χ1n) is 9.00. The molecule has 0 aromatic heterocycles. The van der Waals surface area contributed by atoms with Crippen molar-refractivity contribution in [2.45, 2.75) is 71.1 Å². The van der Waals surface area contributed by atoms with Crippen molar-refractivity contribution in [3.05, 3.63) is 29.3 Å². The van der Waals surface area contributed by atoms with Gasteiger partial charge in [-0.15, -0.1) is 0 Å². The molecule has 0 spiro atoms. The molecule has 25 heavy (non-hydrogen) atoms. The first-order chi connectivity index (χ1) is 11.5. The zero-order valence-corrected chi connectivity index (χ0v) is 17.0. The summed E-state index contributed by atoms with van der Waals surface area (Å²) in [5.74, 6) is 0.0844. The third-order valence-electron chi connectivity index (χ3n) is 6.25. The number of carbonyl (C=O) groups is 1. The van der Waals surface area contributed by atoms with E-state index < -0.39 is 15.5 Å². The van der Waals surface area contributed by atoms with Crippen molar-refractivity contribution < 1.29 is 17.4 Å². The Morgan fingerprint density at radius 3 is 2.48 bits per heavy atom. The van der Waals surface area contributed by atoms with Gasteiger partial charge in [0.1, 0.15) is 5.78 Å². The van der Waals surface area contributed by atoms with Crippen LogP contribution in [0.1, 0.15) is 65.0 Å². The second-order valence-corrected chi connectivity index (χ2v) is 9.64. The molecule has 1 saturated carbocycles. The zero-order valence-electron chi connectivity index (χ0n) is 16.2. The molecular formula is C20H30O4S. The molecule has 2 rings (SSSR count). The second-order valence-electron chi connectivity index (χ2n) is 8.03. The van der Waals surface area contributed by atoms with E-state index in [0.29, 0.717) is 12.8 Å². The maximum Gasteiger partial charge on any atom is 0.296 e. The number of rotatable bonds is 5. The number of hydrogen-bond acceptors (Lipinski definition) is 4. The van der Waals surface area contributed by atoms with Crippen molar-refractivity contribution in [1.82, 2.24) is 0 Å². The Labute approximate surface area is 152 Å². The average Bonchev–Trinajstić information content (AvgIpc) is 2.55. The van der Waals surface area contributed by atoms with Gasteiger partial charge in [-0.2, -0.15) is 8.42 Å². The molecule has 0 amide bonds. The molecule has 1 aromatic carbocycles. The number of hydrogen-bond donors (Lipinski definition) is 0. The number of benzene rings is 1. The molecular weight excluding hydrogens is 336 g/mol. The predicted octanol–water partition coefficient (Wildman–Crippen LogP) is 4.39. The Morgan fingerprint density at radius 1 is 1.24 bits per heavy atom. The minimum absolute atomic E-state index is 0.113. The zero-order chi connectivity index (χ0) is 19.0. The van der Waals surface area contributed by atoms with E-state index in [-0.39, 0.29) is 28.6 Å². The van der Waals surface area contributed by atoms with Gasteiger partial charge in [0.25, 0.3) is 10.1 Å². The minimum atomic E-state index is -3.78. The lowest BCUT2D eigenvalue weighted by Gasteiger charge is -2.52. The van der Waals surface area contributed by atoms with Crippen molar-refractivity contribution in [1.29, 1.82) is 0 Å². The average molecular weight is 367 g/mol. The van der Waals surface area contributed by atoms with Crippen LogP contribution in [0.15, 0.2) is 23.1 Å². The normalized spacial score (nSPS) is 26.6. The standard InChI is InChI=1S/C20H30O4S/c1-7-12-24-25(22,23)16-9-8-14(2)17(13-16)20(6)15(3)18(21)10-11-19(20,4)5/h8-9,13,15H,7,10-12H2,1-6H3. The van der Waals surface area contributed by atoms with Crippen molar-refractivity contribution >= 4 is 15.9 Å². The Hall–Kier alpha value is -1.20. The molecule has 1 aliphatic carbocycles. The lowest BCUT2D eigenvalue weighted by molar-refractivity contribution is -0.131. The summed E-state index contributed by atoms with van der Waals surface area (Å²) in [5, 5.41) is 0. The second kappa shape index (κ2) is 6.84. The maximum atomic E-state index is 12.5. The highest BCUT2D eigenvalue weighted by Gasteiger charge is 2.52. The lowest BCUT2D eigenvalue weighted by Crippen LogP contribution is -2.51. The Morgan fingerprint density at radius 2 is 1.88 bits per heavy atom. The summed E-state index contributed by atoms with van der Waals surface area (Å²) >= 11 is 0. The van der Waals surface area contributed by atoms with Gasteiger partial charge in [-0.1, -0.05) is 40.7 Å². The van der Waals surface area contributed by atoms with Gasteiger partial charge in [-0.05, 0) is 48.4 Å². The molecule has 140 valence electrons. The van der Waals surface area contributed by atoms with Crippen LogP contribution in [0.25, 0.3) is 0 Å². The van der Waals surface area contributed by atoms with Crippen LogP contribution in [0.3, 0.4) is 0 Å². The molecule has 0 aliphatic heterocycles. The Balaban J connectivity index is 2.61. The quantitative estimate of drug-likeness (QED) is 0.725. The summed E-state index contributed by atoms with van der Waals surface area (Å²) in [6, 6.07) is 5.14. The van der Waals surface area contributed by atoms with Crippen molar-refractivity contribution in [2.75, 3.05) is 6.61 Å². The number of aryl methyl sites for hydroxylation is 1. The summed E-state index contributed by atoms with van der Waals surface area (Å²) in [5.41, 5.74) is 1.39. The number of carbonyl (C=O) groups excluding carboxylic acids is 1. The third-order valence-corrected chi connectivity index (χ3v) is 7.56. The van der Waals surface area contributed by atoms with E-state index in [9.17, 15) is 13.2 Å². The summed E-state index contributed by atoms with van der Waals surface area (Å²) in [4.78, 5) is 12.6. The van der Waals surface area contributed by atoms with Crippen molar-refractivity contribution in [3.8, 4) is 0 Å². The van der Waals surface area contributed by atoms with Crippen LogP contribution < -0.4 is 0 Å². The van der Waals surface area contributed by atoms with Crippen LogP contribution in [0.5, 0.6) is 0 Å². The van der Waals surface area contributed by atoms with E-state index in [1.807, 2.05) is 26.8 Å².